The largest absolute Gasteiger partial charge is 0.356 e. The minimum Gasteiger partial charge on any atom is -0.356 e. The molecule has 29 heavy (non-hydrogen) atoms. The Kier molecular flexibility index (Phi) is 3.10. The second-order valence-corrected chi connectivity index (χ2v) is 7.04. The molecule has 0 unspecified atom stereocenters. The molecular weight excluding hydrogens is 372 g/mol. The summed E-state index contributed by atoms with van der Waals surface area (Å²) in [7, 11) is 0. The van der Waals surface area contributed by atoms with Gasteiger partial charge < -0.3 is 9.97 Å². The normalized spacial score (nSPS) is 12.0. The number of aromatic amines is 2. The van der Waals surface area contributed by atoms with Gasteiger partial charge in [-0.05, 0) is 37.3 Å². The van der Waals surface area contributed by atoms with Gasteiger partial charge in [0, 0.05) is 45.9 Å². The minimum absolute atomic E-state index is 0.261. The fourth-order valence-electron chi connectivity index (χ4n) is 4.12. The average Bonchev–Trinajstić information content (AvgIpc) is 3.29. The molecule has 0 spiro atoms. The number of nitrogens with zero attached hydrogens (tertiary/aromatic N) is 3. The minimum atomic E-state index is -0.630. The Morgan fingerprint density at radius 2 is 1.52 bits per heavy atom. The topological polar surface area (TPSA) is 70.2 Å². The number of fused-ring (bicyclic) bond motifs is 7. The monoisotopic (exact) mass is 385 g/mol. The lowest BCUT2D eigenvalue weighted by molar-refractivity contribution is 0.591. The van der Waals surface area contributed by atoms with E-state index < -0.39 is 11.6 Å². The van der Waals surface area contributed by atoms with Crippen molar-refractivity contribution in [2.45, 2.75) is 6.92 Å². The lowest BCUT2D eigenvalue weighted by atomic mass is 10.1. The molecule has 2 aromatic carbocycles. The van der Waals surface area contributed by atoms with Crippen LogP contribution in [0.3, 0.4) is 0 Å². The molecule has 0 saturated carbocycles. The Hall–Kier alpha value is -3.87. The highest BCUT2D eigenvalue weighted by Crippen LogP contribution is 2.37. The van der Waals surface area contributed by atoms with Gasteiger partial charge in [0.2, 0.25) is 0 Å². The number of aromatic nitrogens is 5. The molecule has 140 valence electrons. The number of benzene rings is 2. The van der Waals surface area contributed by atoms with Gasteiger partial charge in [-0.25, -0.2) is 13.8 Å². The van der Waals surface area contributed by atoms with E-state index in [1.54, 1.807) is 12.4 Å². The third-order valence-corrected chi connectivity index (χ3v) is 5.32. The first-order valence-electron chi connectivity index (χ1n) is 9.10. The molecule has 0 amide bonds. The third kappa shape index (κ3) is 2.15. The van der Waals surface area contributed by atoms with E-state index in [2.05, 4.69) is 19.9 Å². The standard InChI is InChI=1S/C22H13F2N5/c1-10-16(14-8-11(23)9-15(24)17(14)27-10)22-28-20-12-4-2-6-25-18(12)19-13(21(20)29-22)5-3-7-26-19/h2-9,27H,1H3,(H,28,29). The van der Waals surface area contributed by atoms with Gasteiger partial charge in [0.25, 0.3) is 0 Å². The molecule has 0 radical (unpaired) electrons. The highest BCUT2D eigenvalue weighted by atomic mass is 19.1. The summed E-state index contributed by atoms with van der Waals surface area (Å²) in [6, 6.07) is 9.82. The molecule has 7 heteroatoms. The van der Waals surface area contributed by atoms with Gasteiger partial charge in [0.1, 0.15) is 17.5 Å². The van der Waals surface area contributed by atoms with Crippen LogP contribution in [0.25, 0.3) is 55.1 Å². The van der Waals surface area contributed by atoms with E-state index in [4.69, 9.17) is 4.98 Å². The molecule has 0 saturated heterocycles. The fourth-order valence-corrected chi connectivity index (χ4v) is 4.12. The summed E-state index contributed by atoms with van der Waals surface area (Å²) in [4.78, 5) is 20.2. The summed E-state index contributed by atoms with van der Waals surface area (Å²) in [6.45, 7) is 1.82. The maximum atomic E-state index is 14.3. The molecule has 6 rings (SSSR count). The average molecular weight is 385 g/mol. The van der Waals surface area contributed by atoms with Crippen molar-refractivity contribution in [1.82, 2.24) is 24.9 Å². The third-order valence-electron chi connectivity index (χ3n) is 5.32. The lowest BCUT2D eigenvalue weighted by Crippen LogP contribution is -1.86. The van der Waals surface area contributed by atoms with Crippen LogP contribution in [-0.4, -0.2) is 24.9 Å². The van der Waals surface area contributed by atoms with E-state index in [9.17, 15) is 8.78 Å². The Balaban J connectivity index is 1.78. The van der Waals surface area contributed by atoms with Crippen molar-refractivity contribution in [3.8, 4) is 11.4 Å². The van der Waals surface area contributed by atoms with E-state index in [1.165, 1.54) is 6.07 Å². The van der Waals surface area contributed by atoms with Crippen LogP contribution in [0.15, 0.2) is 48.8 Å². The first kappa shape index (κ1) is 16.1. The van der Waals surface area contributed by atoms with E-state index in [1.807, 2.05) is 31.2 Å². The van der Waals surface area contributed by atoms with Crippen molar-refractivity contribution in [3.63, 3.8) is 0 Å². The van der Waals surface area contributed by atoms with Gasteiger partial charge in [-0.15, -0.1) is 0 Å². The number of aryl methyl sites for hydroxylation is 1. The zero-order valence-electron chi connectivity index (χ0n) is 15.2. The number of hydrogen-bond donors (Lipinski definition) is 2. The Bertz CT molecular complexity index is 1520. The van der Waals surface area contributed by atoms with Gasteiger partial charge in [-0.2, -0.15) is 0 Å². The number of rotatable bonds is 1. The summed E-state index contributed by atoms with van der Waals surface area (Å²) in [6.07, 6.45) is 3.46. The maximum Gasteiger partial charge on any atom is 0.150 e. The van der Waals surface area contributed by atoms with Crippen LogP contribution >= 0.6 is 0 Å². The van der Waals surface area contributed by atoms with Crippen molar-refractivity contribution in [2.24, 2.45) is 0 Å². The van der Waals surface area contributed by atoms with E-state index in [0.29, 0.717) is 22.5 Å². The van der Waals surface area contributed by atoms with Crippen LogP contribution in [-0.2, 0) is 0 Å². The van der Waals surface area contributed by atoms with Crippen molar-refractivity contribution < 1.29 is 8.78 Å². The zero-order valence-corrected chi connectivity index (χ0v) is 15.2. The van der Waals surface area contributed by atoms with Crippen molar-refractivity contribution in [3.05, 3.63) is 66.1 Å². The van der Waals surface area contributed by atoms with Crippen LogP contribution in [0, 0.1) is 18.6 Å². The number of imidazole rings is 1. The number of halogens is 2. The predicted molar refractivity (Wildman–Crippen MR) is 109 cm³/mol. The van der Waals surface area contributed by atoms with Crippen LogP contribution in [0.4, 0.5) is 8.78 Å². The first-order valence-corrected chi connectivity index (χ1v) is 9.10. The molecule has 0 fully saturated rings. The SMILES string of the molecule is Cc1[nH]c2c(F)cc(F)cc2c1-c1nc2c3cccnc3c3ncccc3c2[nH]1. The Labute approximate surface area is 162 Å². The lowest BCUT2D eigenvalue weighted by Gasteiger charge is -2.03. The number of hydrogen-bond acceptors (Lipinski definition) is 3. The van der Waals surface area contributed by atoms with Crippen LogP contribution in [0.1, 0.15) is 5.69 Å². The van der Waals surface area contributed by atoms with E-state index in [0.717, 1.165) is 38.9 Å². The predicted octanol–water partition coefficient (Wildman–Crippen LogP) is 5.39. The van der Waals surface area contributed by atoms with Gasteiger partial charge in [-0.3, -0.25) is 9.97 Å². The van der Waals surface area contributed by atoms with Crippen LogP contribution in [0.5, 0.6) is 0 Å². The van der Waals surface area contributed by atoms with Crippen molar-refractivity contribution >= 4 is 43.7 Å². The fraction of sp³-hybridized carbons (Fsp3) is 0.0455. The Morgan fingerprint density at radius 3 is 2.31 bits per heavy atom. The summed E-state index contributed by atoms with van der Waals surface area (Å²) >= 11 is 0. The van der Waals surface area contributed by atoms with Gasteiger partial charge in [0.05, 0.1) is 27.6 Å². The number of pyridine rings is 2. The quantitative estimate of drug-likeness (QED) is 0.373. The molecule has 0 aliphatic heterocycles. The second-order valence-electron chi connectivity index (χ2n) is 7.04. The molecule has 4 heterocycles. The zero-order chi connectivity index (χ0) is 19.7. The summed E-state index contributed by atoms with van der Waals surface area (Å²) in [5.74, 6) is -0.722. The number of nitrogens with one attached hydrogen (secondary N) is 2. The summed E-state index contributed by atoms with van der Waals surface area (Å²) in [5.41, 5.74) is 4.71. The molecule has 0 atom stereocenters. The maximum absolute atomic E-state index is 14.3. The van der Waals surface area contributed by atoms with E-state index >= 15 is 0 Å². The summed E-state index contributed by atoms with van der Waals surface area (Å²) in [5, 5.41) is 2.21. The highest BCUT2D eigenvalue weighted by Gasteiger charge is 2.20. The molecule has 0 aliphatic carbocycles. The molecular formula is C22H13F2N5. The molecule has 5 nitrogen and oxygen atoms in total. The molecule has 2 N–H and O–H groups in total. The van der Waals surface area contributed by atoms with Crippen LogP contribution < -0.4 is 0 Å². The van der Waals surface area contributed by atoms with Gasteiger partial charge >= 0.3 is 0 Å². The Morgan fingerprint density at radius 1 is 0.793 bits per heavy atom. The molecule has 0 bridgehead atoms. The molecule has 4 aromatic heterocycles. The van der Waals surface area contributed by atoms with Crippen molar-refractivity contribution in [2.75, 3.05) is 0 Å². The first-order chi connectivity index (χ1) is 14.1. The smallest absolute Gasteiger partial charge is 0.150 e. The number of H-pyrrole nitrogens is 2. The van der Waals surface area contributed by atoms with Gasteiger partial charge in [-0.1, -0.05) is 0 Å². The van der Waals surface area contributed by atoms with Crippen molar-refractivity contribution in [1.29, 1.82) is 0 Å². The molecule has 6 aromatic rings. The van der Waals surface area contributed by atoms with Crippen LogP contribution in [0.2, 0.25) is 0 Å². The highest BCUT2D eigenvalue weighted by molar-refractivity contribution is 6.21. The summed E-state index contributed by atoms with van der Waals surface area (Å²) < 4.78 is 28.2. The second kappa shape index (κ2) is 5.57. The van der Waals surface area contributed by atoms with Gasteiger partial charge in [0.15, 0.2) is 0 Å². The molecule has 0 aliphatic rings. The van der Waals surface area contributed by atoms with E-state index in [-0.39, 0.29) is 5.52 Å².